The predicted octanol–water partition coefficient (Wildman–Crippen LogP) is 1.36. The van der Waals surface area contributed by atoms with Gasteiger partial charge in [0.1, 0.15) is 0 Å². The summed E-state index contributed by atoms with van der Waals surface area (Å²) in [6.07, 6.45) is 0.971. The molecule has 92 valence electrons. The zero-order valence-corrected chi connectivity index (χ0v) is 10.3. The van der Waals surface area contributed by atoms with E-state index < -0.39 is 0 Å². The number of rotatable bonds is 1. The Hall–Kier alpha value is -1.26. The number of nitrogens with zero attached hydrogens (tertiary/aromatic N) is 1. The molecule has 1 aliphatic rings. The van der Waals surface area contributed by atoms with Gasteiger partial charge in [-0.2, -0.15) is 0 Å². The summed E-state index contributed by atoms with van der Waals surface area (Å²) in [7, 11) is 0. The van der Waals surface area contributed by atoms with Gasteiger partial charge in [0.2, 0.25) is 0 Å². The van der Waals surface area contributed by atoms with Crippen LogP contribution in [0.5, 0.6) is 0 Å². The first-order valence-electron chi connectivity index (χ1n) is 5.73. The van der Waals surface area contributed by atoms with Crippen molar-refractivity contribution >= 4 is 23.2 Å². The van der Waals surface area contributed by atoms with Crippen LogP contribution in [0.3, 0.4) is 0 Å². The van der Waals surface area contributed by atoms with Crippen molar-refractivity contribution in [2.45, 2.75) is 6.42 Å². The third kappa shape index (κ3) is 2.90. The van der Waals surface area contributed by atoms with Crippen LogP contribution in [0.1, 0.15) is 16.8 Å². The fourth-order valence-electron chi connectivity index (χ4n) is 1.95. The number of carbonyl (C=O) groups excluding carboxylic acids is 1. The van der Waals surface area contributed by atoms with Crippen molar-refractivity contribution in [3.63, 3.8) is 0 Å². The normalized spacial score (nSPS) is 16.6. The second kappa shape index (κ2) is 5.38. The van der Waals surface area contributed by atoms with Crippen LogP contribution >= 0.6 is 11.6 Å². The molecule has 0 radical (unpaired) electrons. The minimum absolute atomic E-state index is 0.0112. The summed E-state index contributed by atoms with van der Waals surface area (Å²) >= 11 is 5.82. The maximum atomic E-state index is 12.3. The van der Waals surface area contributed by atoms with Crippen molar-refractivity contribution in [2.24, 2.45) is 0 Å². The van der Waals surface area contributed by atoms with Crippen LogP contribution in [0, 0.1) is 0 Å². The topological polar surface area (TPSA) is 58.4 Å². The molecule has 1 aromatic rings. The van der Waals surface area contributed by atoms with Gasteiger partial charge in [0, 0.05) is 30.3 Å². The highest BCUT2D eigenvalue weighted by Gasteiger charge is 2.18. The lowest BCUT2D eigenvalue weighted by molar-refractivity contribution is 0.0767. The summed E-state index contributed by atoms with van der Waals surface area (Å²) in [5.74, 6) is -0.0112. The number of nitrogens with two attached hydrogens (primary N) is 1. The molecular weight excluding hydrogens is 238 g/mol. The standard InChI is InChI=1S/C12H16ClN3O/c13-9-2-3-10(11(14)8-9)12(17)16-6-1-4-15-5-7-16/h2-3,8,15H,1,4-7,14H2. The number of nitrogen functional groups attached to an aromatic ring is 1. The maximum Gasteiger partial charge on any atom is 0.255 e. The molecule has 1 heterocycles. The number of halogens is 1. The molecule has 0 atom stereocenters. The lowest BCUT2D eigenvalue weighted by Crippen LogP contribution is -2.34. The Morgan fingerprint density at radius 3 is 2.94 bits per heavy atom. The molecule has 3 N–H and O–H groups in total. The van der Waals surface area contributed by atoms with E-state index in [2.05, 4.69) is 5.32 Å². The van der Waals surface area contributed by atoms with E-state index in [4.69, 9.17) is 17.3 Å². The van der Waals surface area contributed by atoms with Crippen LogP contribution < -0.4 is 11.1 Å². The summed E-state index contributed by atoms with van der Waals surface area (Å²) in [6, 6.07) is 5.00. The Balaban J connectivity index is 2.17. The van der Waals surface area contributed by atoms with Gasteiger partial charge in [-0.05, 0) is 31.2 Å². The molecule has 1 aliphatic heterocycles. The van der Waals surface area contributed by atoms with Crippen molar-refractivity contribution in [3.8, 4) is 0 Å². The summed E-state index contributed by atoms with van der Waals surface area (Å²) in [4.78, 5) is 14.1. The maximum absolute atomic E-state index is 12.3. The quantitative estimate of drug-likeness (QED) is 0.743. The van der Waals surface area contributed by atoms with Gasteiger partial charge in [-0.15, -0.1) is 0 Å². The average Bonchev–Trinajstić information content (AvgIpc) is 2.56. The van der Waals surface area contributed by atoms with Gasteiger partial charge in [-0.3, -0.25) is 4.79 Å². The van der Waals surface area contributed by atoms with Crippen LogP contribution in [0.25, 0.3) is 0 Å². The first-order valence-corrected chi connectivity index (χ1v) is 6.11. The zero-order chi connectivity index (χ0) is 12.3. The summed E-state index contributed by atoms with van der Waals surface area (Å²) in [5.41, 5.74) is 6.80. The van der Waals surface area contributed by atoms with E-state index >= 15 is 0 Å². The number of hydrogen-bond acceptors (Lipinski definition) is 3. The Kier molecular flexibility index (Phi) is 3.86. The molecule has 5 heteroatoms. The van der Waals surface area contributed by atoms with Crippen LogP contribution in [-0.4, -0.2) is 37.0 Å². The van der Waals surface area contributed by atoms with Gasteiger partial charge in [0.15, 0.2) is 0 Å². The second-order valence-electron chi connectivity index (χ2n) is 4.13. The first kappa shape index (κ1) is 12.2. The van der Waals surface area contributed by atoms with E-state index in [0.717, 1.165) is 32.6 Å². The summed E-state index contributed by atoms with van der Waals surface area (Å²) in [6.45, 7) is 3.29. The molecule has 0 aromatic heterocycles. The summed E-state index contributed by atoms with van der Waals surface area (Å²) in [5, 5.41) is 3.81. The smallest absolute Gasteiger partial charge is 0.255 e. The van der Waals surface area contributed by atoms with Crippen molar-refractivity contribution in [1.29, 1.82) is 0 Å². The van der Waals surface area contributed by atoms with E-state index in [1.165, 1.54) is 0 Å². The molecule has 0 bridgehead atoms. The van der Waals surface area contributed by atoms with Crippen LogP contribution in [-0.2, 0) is 0 Å². The molecule has 0 aliphatic carbocycles. The van der Waals surface area contributed by atoms with Crippen molar-refractivity contribution < 1.29 is 4.79 Å². The second-order valence-corrected chi connectivity index (χ2v) is 4.56. The highest BCUT2D eigenvalue weighted by molar-refractivity contribution is 6.31. The van der Waals surface area contributed by atoms with Gasteiger partial charge in [-0.1, -0.05) is 11.6 Å². The van der Waals surface area contributed by atoms with Crippen molar-refractivity contribution in [1.82, 2.24) is 10.2 Å². The number of hydrogen-bond donors (Lipinski definition) is 2. The number of nitrogens with one attached hydrogen (secondary N) is 1. The van der Waals surface area contributed by atoms with Gasteiger partial charge >= 0.3 is 0 Å². The minimum atomic E-state index is -0.0112. The van der Waals surface area contributed by atoms with Gasteiger partial charge in [0.05, 0.1) is 5.56 Å². The number of anilines is 1. The predicted molar refractivity (Wildman–Crippen MR) is 69.3 cm³/mol. The Labute approximate surface area is 106 Å². The fraction of sp³-hybridized carbons (Fsp3) is 0.417. The van der Waals surface area contributed by atoms with Crippen molar-refractivity contribution in [3.05, 3.63) is 28.8 Å². The lowest BCUT2D eigenvalue weighted by Gasteiger charge is -2.20. The number of benzene rings is 1. The molecule has 1 saturated heterocycles. The van der Waals surface area contributed by atoms with E-state index in [1.54, 1.807) is 18.2 Å². The third-order valence-corrected chi connectivity index (χ3v) is 3.11. The van der Waals surface area contributed by atoms with Crippen LogP contribution in [0.2, 0.25) is 5.02 Å². The van der Waals surface area contributed by atoms with E-state index in [9.17, 15) is 4.79 Å². The molecule has 0 unspecified atom stereocenters. The molecule has 1 amide bonds. The van der Waals surface area contributed by atoms with Crippen LogP contribution in [0.15, 0.2) is 18.2 Å². The first-order chi connectivity index (χ1) is 8.18. The molecule has 0 saturated carbocycles. The fourth-order valence-corrected chi connectivity index (χ4v) is 2.13. The average molecular weight is 254 g/mol. The molecule has 17 heavy (non-hydrogen) atoms. The number of amides is 1. The molecule has 0 spiro atoms. The van der Waals surface area contributed by atoms with Gasteiger partial charge in [-0.25, -0.2) is 0 Å². The highest BCUT2D eigenvalue weighted by atomic mass is 35.5. The van der Waals surface area contributed by atoms with Crippen molar-refractivity contribution in [2.75, 3.05) is 31.9 Å². The summed E-state index contributed by atoms with van der Waals surface area (Å²) < 4.78 is 0. The minimum Gasteiger partial charge on any atom is -0.398 e. The lowest BCUT2D eigenvalue weighted by atomic mass is 10.1. The largest absolute Gasteiger partial charge is 0.398 e. The Morgan fingerprint density at radius 1 is 1.35 bits per heavy atom. The van der Waals surface area contributed by atoms with E-state index in [0.29, 0.717) is 16.3 Å². The highest BCUT2D eigenvalue weighted by Crippen LogP contribution is 2.19. The van der Waals surface area contributed by atoms with E-state index in [1.807, 2.05) is 4.90 Å². The Bertz CT molecular complexity index is 414. The Morgan fingerprint density at radius 2 is 2.18 bits per heavy atom. The van der Waals surface area contributed by atoms with Crippen LogP contribution in [0.4, 0.5) is 5.69 Å². The van der Waals surface area contributed by atoms with Gasteiger partial charge in [0.25, 0.3) is 5.91 Å². The molecule has 1 aromatic carbocycles. The van der Waals surface area contributed by atoms with E-state index in [-0.39, 0.29) is 5.91 Å². The molecule has 4 nitrogen and oxygen atoms in total. The molecule has 2 rings (SSSR count). The molecule has 1 fully saturated rings. The molecular formula is C12H16ClN3O. The SMILES string of the molecule is Nc1cc(Cl)ccc1C(=O)N1CCCNCC1. The third-order valence-electron chi connectivity index (χ3n) is 2.87. The zero-order valence-electron chi connectivity index (χ0n) is 9.58. The monoisotopic (exact) mass is 253 g/mol. The number of carbonyl (C=O) groups is 1. The van der Waals surface area contributed by atoms with Gasteiger partial charge < -0.3 is 16.0 Å².